The van der Waals surface area contributed by atoms with E-state index in [4.69, 9.17) is 0 Å². The van der Waals surface area contributed by atoms with Gasteiger partial charge in [-0.3, -0.25) is 14.6 Å². The first kappa shape index (κ1) is 21.3. The van der Waals surface area contributed by atoms with Crippen LogP contribution in [0, 0.1) is 0 Å². The molecule has 2 atom stereocenters. The number of hydrogen-bond acceptors (Lipinski definition) is 5. The maximum atomic E-state index is 12.8. The molecule has 2 aromatic carbocycles. The Morgan fingerprint density at radius 2 is 1.73 bits per heavy atom. The second kappa shape index (κ2) is 9.13. The zero-order valence-electron chi connectivity index (χ0n) is 18.2. The number of aliphatic hydroxyl groups is 1. The highest BCUT2D eigenvalue weighted by Crippen LogP contribution is 2.22. The first-order valence-corrected chi connectivity index (χ1v) is 11.2. The summed E-state index contributed by atoms with van der Waals surface area (Å²) in [5.41, 5.74) is 5.45. The van der Waals surface area contributed by atoms with Crippen molar-refractivity contribution in [2.24, 2.45) is 0 Å². The van der Waals surface area contributed by atoms with Crippen LogP contribution in [0.2, 0.25) is 0 Å². The van der Waals surface area contributed by atoms with Gasteiger partial charge >= 0.3 is 0 Å². The average molecular weight is 443 g/mol. The van der Waals surface area contributed by atoms with E-state index in [1.54, 1.807) is 35.4 Å². The van der Waals surface area contributed by atoms with Crippen molar-refractivity contribution in [3.05, 3.63) is 100 Å². The summed E-state index contributed by atoms with van der Waals surface area (Å²) in [6.07, 6.45) is 1.76. The van der Waals surface area contributed by atoms with E-state index >= 15 is 0 Å². The Balaban J connectivity index is 1.15. The van der Waals surface area contributed by atoms with E-state index in [-0.39, 0.29) is 24.4 Å². The first-order chi connectivity index (χ1) is 16.1. The van der Waals surface area contributed by atoms with Gasteiger partial charge in [0.1, 0.15) is 0 Å². The summed E-state index contributed by atoms with van der Waals surface area (Å²) in [7, 11) is 0. The highest BCUT2D eigenvalue weighted by molar-refractivity contribution is 5.98. The molecule has 3 aromatic rings. The maximum Gasteiger partial charge on any atom is 0.254 e. The lowest BCUT2D eigenvalue weighted by Gasteiger charge is -2.30. The molecule has 1 aromatic heterocycles. The fourth-order valence-corrected chi connectivity index (χ4v) is 4.48. The predicted molar refractivity (Wildman–Crippen MR) is 123 cm³/mol. The molecule has 7 heteroatoms. The number of fused-ring (bicyclic) bond motifs is 2. The van der Waals surface area contributed by atoms with Crippen LogP contribution in [0.1, 0.15) is 43.1 Å². The van der Waals surface area contributed by atoms with Gasteiger partial charge in [-0.15, -0.1) is 0 Å². The van der Waals surface area contributed by atoms with Gasteiger partial charge in [0, 0.05) is 43.0 Å². The normalized spacial score (nSPS) is 17.7. The zero-order chi connectivity index (χ0) is 22.8. The molecule has 0 saturated carbocycles. The van der Waals surface area contributed by atoms with E-state index < -0.39 is 6.10 Å². The van der Waals surface area contributed by atoms with Crippen molar-refractivity contribution in [2.45, 2.75) is 38.2 Å². The number of aromatic nitrogens is 1. The largest absolute Gasteiger partial charge is 0.390 e. The number of carbonyl (C=O) groups excluding carboxylic acids is 2. The first-order valence-electron chi connectivity index (χ1n) is 11.2. The Morgan fingerprint density at radius 3 is 2.52 bits per heavy atom. The van der Waals surface area contributed by atoms with Gasteiger partial charge in [-0.05, 0) is 53.4 Å². The molecule has 168 valence electrons. The van der Waals surface area contributed by atoms with E-state index in [9.17, 15) is 14.7 Å². The number of nitrogens with zero attached hydrogens (tertiary/aromatic N) is 2. The quantitative estimate of drug-likeness (QED) is 0.562. The van der Waals surface area contributed by atoms with E-state index in [0.29, 0.717) is 30.8 Å². The van der Waals surface area contributed by atoms with Gasteiger partial charge in [0.25, 0.3) is 11.8 Å². The summed E-state index contributed by atoms with van der Waals surface area (Å²) < 4.78 is 0. The molecule has 2 aliphatic rings. The minimum Gasteiger partial charge on any atom is -0.390 e. The Bertz CT molecular complexity index is 1150. The molecule has 0 aliphatic carbocycles. The average Bonchev–Trinajstić information content (AvgIpc) is 3.31. The zero-order valence-corrected chi connectivity index (χ0v) is 18.2. The molecule has 5 rings (SSSR count). The van der Waals surface area contributed by atoms with Crippen LogP contribution in [0.4, 0.5) is 0 Å². The van der Waals surface area contributed by atoms with E-state index in [0.717, 1.165) is 17.7 Å². The number of carbonyl (C=O) groups is 2. The second-order valence-electron chi connectivity index (χ2n) is 8.59. The predicted octanol–water partition coefficient (Wildman–Crippen LogP) is 2.04. The van der Waals surface area contributed by atoms with Gasteiger partial charge in [0.15, 0.2) is 0 Å². The van der Waals surface area contributed by atoms with E-state index in [1.165, 1.54) is 11.1 Å². The lowest BCUT2D eigenvalue weighted by molar-refractivity contribution is 0.0749. The highest BCUT2D eigenvalue weighted by Gasteiger charge is 2.26. The topological polar surface area (TPSA) is 94.6 Å². The van der Waals surface area contributed by atoms with Gasteiger partial charge in [0.2, 0.25) is 0 Å². The number of amides is 2. The van der Waals surface area contributed by atoms with Crippen molar-refractivity contribution >= 4 is 11.8 Å². The van der Waals surface area contributed by atoms with Crippen LogP contribution in [-0.4, -0.2) is 45.5 Å². The summed E-state index contributed by atoms with van der Waals surface area (Å²) >= 11 is 0. The van der Waals surface area contributed by atoms with Gasteiger partial charge < -0.3 is 20.6 Å². The van der Waals surface area contributed by atoms with Crippen LogP contribution in [0.25, 0.3) is 0 Å². The number of hydrogen-bond donors (Lipinski definition) is 3. The van der Waals surface area contributed by atoms with Crippen LogP contribution in [0.5, 0.6) is 0 Å². The molecule has 33 heavy (non-hydrogen) atoms. The van der Waals surface area contributed by atoms with Crippen LogP contribution in [0.3, 0.4) is 0 Å². The number of aliphatic hydroxyl groups excluding tert-OH is 1. The van der Waals surface area contributed by atoms with Crippen molar-refractivity contribution in [2.75, 3.05) is 6.54 Å². The number of nitrogens with one attached hydrogen (secondary N) is 2. The van der Waals surface area contributed by atoms with Crippen LogP contribution in [0.15, 0.2) is 66.9 Å². The monoisotopic (exact) mass is 442 g/mol. The lowest BCUT2D eigenvalue weighted by Crippen LogP contribution is -2.49. The third-order valence-electron chi connectivity index (χ3n) is 6.42. The standard InChI is InChI=1S/C26H26N4O3/c31-24(22-12-19-4-1-2-5-20(19)13-28-22)14-29-25(32)17-7-9-18(10-8-17)26(33)30-15-21-6-3-11-27-23(21)16-30/h1-11,22,24,28,31H,12-16H2,(H,29,32). The van der Waals surface area contributed by atoms with Crippen molar-refractivity contribution in [1.29, 1.82) is 0 Å². The van der Waals surface area contributed by atoms with Crippen molar-refractivity contribution in [3.8, 4) is 0 Å². The number of rotatable bonds is 5. The molecule has 7 nitrogen and oxygen atoms in total. The Kier molecular flexibility index (Phi) is 5.90. The summed E-state index contributed by atoms with van der Waals surface area (Å²) in [5, 5.41) is 16.7. The SMILES string of the molecule is O=C(NCC(O)C1Cc2ccccc2CN1)c1ccc(C(=O)N2Cc3cccnc3C2)cc1. The molecule has 0 radical (unpaired) electrons. The minimum atomic E-state index is -0.700. The van der Waals surface area contributed by atoms with E-state index in [1.807, 2.05) is 24.3 Å². The number of benzene rings is 2. The third kappa shape index (κ3) is 4.51. The summed E-state index contributed by atoms with van der Waals surface area (Å²) in [6.45, 7) is 1.90. The highest BCUT2D eigenvalue weighted by atomic mass is 16.3. The summed E-state index contributed by atoms with van der Waals surface area (Å²) in [4.78, 5) is 31.5. The van der Waals surface area contributed by atoms with Crippen LogP contribution in [-0.2, 0) is 26.1 Å². The van der Waals surface area contributed by atoms with E-state index in [2.05, 4.69) is 27.8 Å². The molecule has 0 spiro atoms. The molecule has 2 aliphatic heterocycles. The summed E-state index contributed by atoms with van der Waals surface area (Å²) in [6, 6.07) is 18.6. The van der Waals surface area contributed by atoms with Crippen LogP contribution >= 0.6 is 0 Å². The van der Waals surface area contributed by atoms with Gasteiger partial charge in [0.05, 0.1) is 18.3 Å². The molecule has 3 heterocycles. The van der Waals surface area contributed by atoms with Crippen molar-refractivity contribution in [3.63, 3.8) is 0 Å². The molecule has 2 unspecified atom stereocenters. The van der Waals surface area contributed by atoms with Gasteiger partial charge in [-0.2, -0.15) is 0 Å². The summed E-state index contributed by atoms with van der Waals surface area (Å²) in [5.74, 6) is -0.360. The Hall–Kier alpha value is -3.55. The Morgan fingerprint density at radius 1 is 1.00 bits per heavy atom. The molecule has 0 fully saturated rings. The van der Waals surface area contributed by atoms with Crippen molar-refractivity contribution in [1.82, 2.24) is 20.5 Å². The fourth-order valence-electron chi connectivity index (χ4n) is 4.48. The second-order valence-corrected chi connectivity index (χ2v) is 8.59. The lowest BCUT2D eigenvalue weighted by atomic mass is 9.93. The maximum absolute atomic E-state index is 12.8. The fraction of sp³-hybridized carbons (Fsp3) is 0.269. The molecule has 2 amide bonds. The van der Waals surface area contributed by atoms with Crippen LogP contribution < -0.4 is 10.6 Å². The Labute approximate surface area is 192 Å². The molecule has 3 N–H and O–H groups in total. The molecule has 0 bridgehead atoms. The number of pyridine rings is 1. The van der Waals surface area contributed by atoms with Gasteiger partial charge in [-0.1, -0.05) is 30.3 Å². The van der Waals surface area contributed by atoms with Crippen molar-refractivity contribution < 1.29 is 14.7 Å². The molecule has 0 saturated heterocycles. The third-order valence-corrected chi connectivity index (χ3v) is 6.42. The smallest absolute Gasteiger partial charge is 0.254 e. The molecular formula is C26H26N4O3. The van der Waals surface area contributed by atoms with Gasteiger partial charge in [-0.25, -0.2) is 0 Å². The minimum absolute atomic E-state index is 0.0842. The molecular weight excluding hydrogens is 416 g/mol.